The highest BCUT2D eigenvalue weighted by atomic mass is 19.3. The lowest BCUT2D eigenvalue weighted by atomic mass is 9.77. The summed E-state index contributed by atoms with van der Waals surface area (Å²) < 4.78 is 34.2. The lowest BCUT2D eigenvalue weighted by molar-refractivity contribution is -0.0498. The van der Waals surface area contributed by atoms with Gasteiger partial charge in [0.05, 0.1) is 5.56 Å². The molecular weight excluding hydrogens is 410 g/mol. The molecule has 0 unspecified atom stereocenters. The monoisotopic (exact) mass is 444 g/mol. The van der Waals surface area contributed by atoms with Crippen LogP contribution in [0.5, 0.6) is 11.5 Å². The molecular formula is C27H34F2O3. The zero-order chi connectivity index (χ0) is 22.8. The second-order valence-electron chi connectivity index (χ2n) is 8.78. The lowest BCUT2D eigenvalue weighted by Gasteiger charge is -2.29. The van der Waals surface area contributed by atoms with Crippen LogP contribution in [0.2, 0.25) is 0 Å². The van der Waals surface area contributed by atoms with E-state index in [4.69, 9.17) is 4.74 Å². The zero-order valence-corrected chi connectivity index (χ0v) is 18.9. The van der Waals surface area contributed by atoms with Gasteiger partial charge in [0, 0.05) is 0 Å². The minimum atomic E-state index is -2.89. The quantitative estimate of drug-likeness (QED) is 0.199. The Balaban J connectivity index is 1.43. The summed E-state index contributed by atoms with van der Waals surface area (Å²) in [5, 5.41) is 0. The highest BCUT2D eigenvalue weighted by Crippen LogP contribution is 2.38. The molecule has 0 atom stereocenters. The molecule has 0 amide bonds. The summed E-state index contributed by atoms with van der Waals surface area (Å²) in [7, 11) is 0. The fourth-order valence-electron chi connectivity index (χ4n) is 4.57. The highest BCUT2D eigenvalue weighted by Gasteiger charge is 2.22. The number of esters is 1. The topological polar surface area (TPSA) is 35.5 Å². The third-order valence-electron chi connectivity index (χ3n) is 6.44. The van der Waals surface area contributed by atoms with Gasteiger partial charge in [-0.2, -0.15) is 8.78 Å². The van der Waals surface area contributed by atoms with Crippen LogP contribution >= 0.6 is 0 Å². The number of unbranched alkanes of at least 4 members (excludes halogenated alkanes) is 4. The highest BCUT2D eigenvalue weighted by molar-refractivity contribution is 5.91. The number of alkyl halides is 2. The number of hydrogen-bond donors (Lipinski definition) is 0. The first-order chi connectivity index (χ1) is 15.5. The van der Waals surface area contributed by atoms with Gasteiger partial charge in [0.2, 0.25) is 0 Å². The number of ether oxygens (including phenoxy) is 2. The van der Waals surface area contributed by atoms with Gasteiger partial charge in [-0.1, -0.05) is 57.6 Å². The number of rotatable bonds is 11. The second-order valence-corrected chi connectivity index (χ2v) is 8.78. The van der Waals surface area contributed by atoms with Crippen LogP contribution in [0.4, 0.5) is 8.78 Å². The Hall–Kier alpha value is -2.43. The molecule has 3 nitrogen and oxygen atoms in total. The van der Waals surface area contributed by atoms with Crippen LogP contribution in [0.15, 0.2) is 48.5 Å². The van der Waals surface area contributed by atoms with Crippen molar-refractivity contribution in [2.75, 3.05) is 0 Å². The minimum Gasteiger partial charge on any atom is -0.435 e. The Morgan fingerprint density at radius 1 is 0.875 bits per heavy atom. The number of benzene rings is 2. The SMILES string of the molecule is CCCCCCC[C@H]1CC[C@H](c2ccc(OC(=O)c3ccc(OC(F)F)cc3)cc2)CC1. The summed E-state index contributed by atoms with van der Waals surface area (Å²) in [6, 6.07) is 13.3. The van der Waals surface area contributed by atoms with E-state index in [9.17, 15) is 13.6 Å². The number of hydrogen-bond acceptors (Lipinski definition) is 3. The van der Waals surface area contributed by atoms with E-state index in [-0.39, 0.29) is 11.3 Å². The van der Waals surface area contributed by atoms with Crippen LogP contribution in [0.25, 0.3) is 0 Å². The molecule has 2 aromatic carbocycles. The molecule has 0 radical (unpaired) electrons. The molecule has 0 heterocycles. The van der Waals surface area contributed by atoms with Gasteiger partial charge in [0.15, 0.2) is 0 Å². The van der Waals surface area contributed by atoms with Crippen molar-refractivity contribution < 1.29 is 23.0 Å². The predicted molar refractivity (Wildman–Crippen MR) is 123 cm³/mol. The number of carbonyl (C=O) groups excluding carboxylic acids is 1. The van der Waals surface area contributed by atoms with E-state index in [1.807, 2.05) is 12.1 Å². The molecule has 5 heteroatoms. The molecule has 0 aromatic heterocycles. The first kappa shape index (κ1) is 24.2. The van der Waals surface area contributed by atoms with Crippen LogP contribution < -0.4 is 9.47 Å². The summed E-state index contributed by atoms with van der Waals surface area (Å²) in [5.41, 5.74) is 1.59. The van der Waals surface area contributed by atoms with Crippen LogP contribution in [-0.4, -0.2) is 12.6 Å². The summed E-state index contributed by atoms with van der Waals surface area (Å²) in [6.07, 6.45) is 13.2. The smallest absolute Gasteiger partial charge is 0.387 e. The molecule has 1 fully saturated rings. The maximum Gasteiger partial charge on any atom is 0.387 e. The van der Waals surface area contributed by atoms with Crippen molar-refractivity contribution in [1.82, 2.24) is 0 Å². The average molecular weight is 445 g/mol. The molecule has 174 valence electrons. The van der Waals surface area contributed by atoms with Gasteiger partial charge in [0.1, 0.15) is 11.5 Å². The van der Waals surface area contributed by atoms with Gasteiger partial charge in [0.25, 0.3) is 0 Å². The van der Waals surface area contributed by atoms with Crippen molar-refractivity contribution in [3.8, 4) is 11.5 Å². The molecule has 0 aliphatic heterocycles. The maximum atomic E-state index is 12.3. The number of carbonyl (C=O) groups is 1. The van der Waals surface area contributed by atoms with Crippen molar-refractivity contribution in [3.63, 3.8) is 0 Å². The van der Waals surface area contributed by atoms with Gasteiger partial charge < -0.3 is 9.47 Å². The second kappa shape index (κ2) is 12.6. The normalized spacial score (nSPS) is 18.5. The molecule has 0 N–H and O–H groups in total. The van der Waals surface area contributed by atoms with Crippen molar-refractivity contribution >= 4 is 5.97 Å². The lowest BCUT2D eigenvalue weighted by Crippen LogP contribution is -2.13. The van der Waals surface area contributed by atoms with Gasteiger partial charge >= 0.3 is 12.6 Å². The third kappa shape index (κ3) is 7.61. The average Bonchev–Trinajstić information content (AvgIpc) is 2.80. The van der Waals surface area contributed by atoms with Gasteiger partial charge in [-0.05, 0) is 79.5 Å². The van der Waals surface area contributed by atoms with E-state index in [2.05, 4.69) is 23.8 Å². The summed E-state index contributed by atoms with van der Waals surface area (Å²) in [6.45, 7) is -0.635. The van der Waals surface area contributed by atoms with E-state index in [0.717, 1.165) is 5.92 Å². The fraction of sp³-hybridized carbons (Fsp3) is 0.519. The molecule has 2 aromatic rings. The van der Waals surface area contributed by atoms with E-state index in [1.54, 1.807) is 0 Å². The van der Waals surface area contributed by atoms with Crippen molar-refractivity contribution in [3.05, 3.63) is 59.7 Å². The van der Waals surface area contributed by atoms with Gasteiger partial charge in [-0.15, -0.1) is 0 Å². The Morgan fingerprint density at radius 3 is 2.12 bits per heavy atom. The molecule has 0 saturated heterocycles. The largest absolute Gasteiger partial charge is 0.435 e. The molecule has 1 aliphatic carbocycles. The zero-order valence-electron chi connectivity index (χ0n) is 18.9. The van der Waals surface area contributed by atoms with Crippen molar-refractivity contribution in [2.45, 2.75) is 83.7 Å². The Morgan fingerprint density at radius 2 is 1.50 bits per heavy atom. The van der Waals surface area contributed by atoms with Crippen LogP contribution in [0.1, 0.15) is 93.0 Å². The van der Waals surface area contributed by atoms with Gasteiger partial charge in [-0.25, -0.2) is 4.79 Å². The Kier molecular flexibility index (Phi) is 9.51. The van der Waals surface area contributed by atoms with Crippen molar-refractivity contribution in [2.24, 2.45) is 5.92 Å². The van der Waals surface area contributed by atoms with E-state index < -0.39 is 12.6 Å². The number of halogens is 2. The summed E-state index contributed by atoms with van der Waals surface area (Å²) in [5.74, 6) is 1.42. The van der Waals surface area contributed by atoms with Gasteiger partial charge in [-0.3, -0.25) is 0 Å². The first-order valence-corrected chi connectivity index (χ1v) is 11.9. The molecule has 1 aliphatic rings. The van der Waals surface area contributed by atoms with E-state index in [0.29, 0.717) is 11.7 Å². The molecule has 32 heavy (non-hydrogen) atoms. The predicted octanol–water partition coefficient (Wildman–Crippen LogP) is 8.14. The minimum absolute atomic E-state index is 0.00659. The summed E-state index contributed by atoms with van der Waals surface area (Å²) in [4.78, 5) is 12.3. The molecule has 0 spiro atoms. The summed E-state index contributed by atoms with van der Waals surface area (Å²) >= 11 is 0. The third-order valence-corrected chi connectivity index (χ3v) is 6.44. The Bertz CT molecular complexity index is 810. The van der Waals surface area contributed by atoms with Crippen LogP contribution in [0.3, 0.4) is 0 Å². The maximum absolute atomic E-state index is 12.3. The van der Waals surface area contributed by atoms with Crippen molar-refractivity contribution in [1.29, 1.82) is 0 Å². The molecule has 0 bridgehead atoms. The van der Waals surface area contributed by atoms with Crippen LogP contribution in [0, 0.1) is 5.92 Å². The first-order valence-electron chi connectivity index (χ1n) is 11.9. The molecule has 3 rings (SSSR count). The molecule has 1 saturated carbocycles. The van der Waals surface area contributed by atoms with E-state index in [1.165, 1.54) is 94.0 Å². The standard InChI is InChI=1S/C27H34F2O3/c1-2-3-4-5-6-7-20-8-10-21(11-9-20)22-12-16-24(17-13-22)31-26(30)23-14-18-25(19-15-23)32-27(28)29/h12-21,27H,2-11H2,1H3/t20-,21-. The fourth-order valence-corrected chi connectivity index (χ4v) is 4.57. The van der Waals surface area contributed by atoms with Crippen LogP contribution in [-0.2, 0) is 0 Å². The van der Waals surface area contributed by atoms with E-state index >= 15 is 0 Å². The Labute approximate surface area is 190 Å².